The number of piperidine rings is 1. The van der Waals surface area contributed by atoms with E-state index in [4.69, 9.17) is 9.47 Å². The fourth-order valence-electron chi connectivity index (χ4n) is 3.91. The molecule has 0 saturated carbocycles. The quantitative estimate of drug-likeness (QED) is 0.788. The van der Waals surface area contributed by atoms with Crippen LogP contribution in [0, 0.1) is 0 Å². The molecular formula is C19H26N2O4. The van der Waals surface area contributed by atoms with Crippen LogP contribution in [0.1, 0.15) is 39.2 Å². The predicted molar refractivity (Wildman–Crippen MR) is 92.7 cm³/mol. The summed E-state index contributed by atoms with van der Waals surface area (Å²) >= 11 is 0. The molecule has 2 aliphatic rings. The number of carbonyl (C=O) groups excluding carboxylic acids is 2. The van der Waals surface area contributed by atoms with Crippen LogP contribution in [0.25, 0.3) is 0 Å². The van der Waals surface area contributed by atoms with E-state index >= 15 is 0 Å². The topological polar surface area (TPSA) is 59.1 Å². The molecule has 1 aromatic carbocycles. The van der Waals surface area contributed by atoms with Gasteiger partial charge < -0.3 is 9.47 Å². The standard InChI is InChI=1S/C19H26N2O4/c1-18(2,3)25-17(23)21-15-10-11-19(21,16(22)24-4)20(13-15)12-14-8-6-5-7-9-14/h5-9,15H,10-13H2,1-4H3. The molecule has 0 radical (unpaired) electrons. The Balaban J connectivity index is 1.91. The summed E-state index contributed by atoms with van der Waals surface area (Å²) < 4.78 is 10.7. The second-order valence-electron chi connectivity index (χ2n) is 7.72. The fourth-order valence-corrected chi connectivity index (χ4v) is 3.91. The average molecular weight is 346 g/mol. The molecule has 2 fully saturated rings. The number of amides is 1. The van der Waals surface area contributed by atoms with Crippen LogP contribution in [-0.4, -0.2) is 52.8 Å². The van der Waals surface area contributed by atoms with Crippen LogP contribution in [0.15, 0.2) is 30.3 Å². The van der Waals surface area contributed by atoms with Crippen molar-refractivity contribution in [2.45, 2.75) is 57.5 Å². The fraction of sp³-hybridized carbons (Fsp3) is 0.579. The van der Waals surface area contributed by atoms with Crippen molar-refractivity contribution in [2.75, 3.05) is 13.7 Å². The van der Waals surface area contributed by atoms with Gasteiger partial charge in [-0.05, 0) is 39.2 Å². The van der Waals surface area contributed by atoms with Gasteiger partial charge in [0.15, 0.2) is 5.66 Å². The minimum atomic E-state index is -1.07. The first-order valence-electron chi connectivity index (χ1n) is 8.67. The summed E-state index contributed by atoms with van der Waals surface area (Å²) in [4.78, 5) is 29.2. The minimum absolute atomic E-state index is 0.0299. The Morgan fingerprint density at radius 2 is 1.92 bits per heavy atom. The Hall–Kier alpha value is -2.08. The third kappa shape index (κ3) is 3.11. The first-order chi connectivity index (χ1) is 11.8. The molecule has 2 unspecified atom stereocenters. The number of carbonyl (C=O) groups is 2. The summed E-state index contributed by atoms with van der Waals surface area (Å²) in [5, 5.41) is 0. The molecule has 1 aromatic rings. The van der Waals surface area contributed by atoms with Gasteiger partial charge in [0, 0.05) is 13.1 Å². The van der Waals surface area contributed by atoms with E-state index in [1.54, 1.807) is 4.90 Å². The van der Waals surface area contributed by atoms with Crippen LogP contribution in [-0.2, 0) is 20.8 Å². The van der Waals surface area contributed by atoms with Gasteiger partial charge in [-0.3, -0.25) is 9.80 Å². The van der Waals surface area contributed by atoms with Crippen molar-refractivity contribution in [3.8, 4) is 0 Å². The molecule has 6 heteroatoms. The Bertz CT molecular complexity index is 655. The van der Waals surface area contributed by atoms with Crippen molar-refractivity contribution in [3.63, 3.8) is 0 Å². The zero-order chi connectivity index (χ0) is 18.2. The predicted octanol–water partition coefficient (Wildman–Crippen LogP) is 2.77. The molecule has 136 valence electrons. The lowest BCUT2D eigenvalue weighted by Gasteiger charge is -2.39. The van der Waals surface area contributed by atoms with E-state index < -0.39 is 23.3 Å². The van der Waals surface area contributed by atoms with Gasteiger partial charge in [-0.2, -0.15) is 0 Å². The van der Waals surface area contributed by atoms with Crippen molar-refractivity contribution >= 4 is 12.1 Å². The molecule has 3 rings (SSSR count). The normalized spacial score (nSPS) is 25.9. The van der Waals surface area contributed by atoms with Gasteiger partial charge in [-0.25, -0.2) is 9.59 Å². The molecule has 1 amide bonds. The monoisotopic (exact) mass is 346 g/mol. The third-order valence-electron chi connectivity index (χ3n) is 4.86. The van der Waals surface area contributed by atoms with Crippen LogP contribution >= 0.6 is 0 Å². The van der Waals surface area contributed by atoms with Crippen molar-refractivity contribution < 1.29 is 19.1 Å². The molecule has 0 aromatic heterocycles. The Labute approximate surface area is 148 Å². The smallest absolute Gasteiger partial charge is 0.412 e. The molecule has 25 heavy (non-hydrogen) atoms. The van der Waals surface area contributed by atoms with Crippen LogP contribution in [0.5, 0.6) is 0 Å². The number of esters is 1. The number of hydrogen-bond acceptors (Lipinski definition) is 5. The highest BCUT2D eigenvalue weighted by Gasteiger charge is 2.64. The maximum atomic E-state index is 12.8. The highest BCUT2D eigenvalue weighted by atomic mass is 16.6. The summed E-state index contributed by atoms with van der Waals surface area (Å²) in [5.74, 6) is -0.394. The molecule has 0 aliphatic carbocycles. The van der Waals surface area contributed by atoms with Gasteiger partial charge >= 0.3 is 12.1 Å². The number of fused-ring (bicyclic) bond motifs is 2. The SMILES string of the molecule is COC(=O)C12CCC(CN1Cc1ccccc1)N2C(=O)OC(C)(C)C. The molecular weight excluding hydrogens is 320 g/mol. The molecule has 2 aliphatic heterocycles. The molecule has 0 spiro atoms. The number of methoxy groups -OCH3 is 1. The maximum Gasteiger partial charge on any atom is 0.412 e. The number of ether oxygens (including phenoxy) is 2. The Morgan fingerprint density at radius 1 is 1.24 bits per heavy atom. The minimum Gasteiger partial charge on any atom is -0.466 e. The number of rotatable bonds is 3. The highest BCUT2D eigenvalue weighted by molar-refractivity contribution is 5.87. The Kier molecular flexibility index (Phi) is 4.49. The lowest BCUT2D eigenvalue weighted by atomic mass is 10.00. The van der Waals surface area contributed by atoms with E-state index in [1.165, 1.54) is 7.11 Å². The molecule has 2 saturated heterocycles. The summed E-state index contributed by atoms with van der Waals surface area (Å²) in [6.07, 6.45) is 0.895. The van der Waals surface area contributed by atoms with E-state index in [9.17, 15) is 9.59 Å². The van der Waals surface area contributed by atoms with E-state index in [0.29, 0.717) is 19.5 Å². The van der Waals surface area contributed by atoms with Crippen LogP contribution in [0.2, 0.25) is 0 Å². The second-order valence-corrected chi connectivity index (χ2v) is 7.72. The van der Waals surface area contributed by atoms with Crippen molar-refractivity contribution in [1.29, 1.82) is 0 Å². The van der Waals surface area contributed by atoms with Gasteiger partial charge in [0.05, 0.1) is 13.2 Å². The first kappa shape index (κ1) is 17.7. The number of likely N-dealkylation sites (tertiary alicyclic amines) is 1. The number of nitrogens with zero attached hydrogens (tertiary/aromatic N) is 2. The third-order valence-corrected chi connectivity index (χ3v) is 4.86. The summed E-state index contributed by atoms with van der Waals surface area (Å²) in [6.45, 7) is 6.72. The van der Waals surface area contributed by atoms with Gasteiger partial charge in [-0.1, -0.05) is 30.3 Å². The zero-order valence-electron chi connectivity index (χ0n) is 15.3. The molecule has 2 heterocycles. The van der Waals surface area contributed by atoms with E-state index in [-0.39, 0.29) is 6.04 Å². The number of hydrogen-bond donors (Lipinski definition) is 0. The number of benzene rings is 1. The second kappa shape index (κ2) is 6.33. The van der Waals surface area contributed by atoms with Gasteiger partial charge in [-0.15, -0.1) is 0 Å². The largest absolute Gasteiger partial charge is 0.466 e. The summed E-state index contributed by atoms with van der Waals surface area (Å²) in [5.41, 5.74) is -0.583. The molecule has 2 bridgehead atoms. The molecule has 6 nitrogen and oxygen atoms in total. The van der Waals surface area contributed by atoms with Crippen LogP contribution in [0.4, 0.5) is 4.79 Å². The molecule has 2 atom stereocenters. The van der Waals surface area contributed by atoms with Gasteiger partial charge in [0.2, 0.25) is 0 Å². The lowest BCUT2D eigenvalue weighted by Crippen LogP contribution is -2.59. The molecule has 0 N–H and O–H groups in total. The lowest BCUT2D eigenvalue weighted by molar-refractivity contribution is -0.162. The van der Waals surface area contributed by atoms with Gasteiger partial charge in [0.25, 0.3) is 0 Å². The van der Waals surface area contributed by atoms with Crippen LogP contribution in [0.3, 0.4) is 0 Å². The first-order valence-corrected chi connectivity index (χ1v) is 8.67. The Morgan fingerprint density at radius 3 is 2.52 bits per heavy atom. The van der Waals surface area contributed by atoms with E-state index in [1.807, 2.05) is 56.0 Å². The zero-order valence-corrected chi connectivity index (χ0v) is 15.3. The maximum absolute atomic E-state index is 12.8. The van der Waals surface area contributed by atoms with E-state index in [0.717, 1.165) is 12.0 Å². The highest BCUT2D eigenvalue weighted by Crippen LogP contribution is 2.46. The average Bonchev–Trinajstić information content (AvgIpc) is 3.07. The van der Waals surface area contributed by atoms with E-state index in [2.05, 4.69) is 0 Å². The summed E-state index contributed by atoms with van der Waals surface area (Å²) in [6, 6.07) is 9.92. The van der Waals surface area contributed by atoms with Crippen molar-refractivity contribution in [2.24, 2.45) is 0 Å². The summed E-state index contributed by atoms with van der Waals surface area (Å²) in [7, 11) is 1.37. The van der Waals surface area contributed by atoms with Crippen molar-refractivity contribution in [1.82, 2.24) is 9.80 Å². The van der Waals surface area contributed by atoms with Gasteiger partial charge in [0.1, 0.15) is 5.60 Å². The van der Waals surface area contributed by atoms with Crippen LogP contribution < -0.4 is 0 Å². The van der Waals surface area contributed by atoms with Crippen molar-refractivity contribution in [3.05, 3.63) is 35.9 Å².